The maximum absolute atomic E-state index is 12.9. The van der Waals surface area contributed by atoms with E-state index in [4.69, 9.17) is 4.42 Å². The molecule has 5 nitrogen and oxygen atoms in total. The Kier molecular flexibility index (Phi) is 3.82. The molecule has 0 radical (unpaired) electrons. The van der Waals surface area contributed by atoms with E-state index in [1.165, 1.54) is 11.3 Å². The van der Waals surface area contributed by atoms with Crippen LogP contribution in [0, 0.1) is 13.8 Å². The van der Waals surface area contributed by atoms with E-state index >= 15 is 0 Å². The average molecular weight is 349 g/mol. The number of carbonyl (C=O) groups excluding carboxylic acids is 1. The zero-order chi connectivity index (χ0) is 17.4. The SMILES string of the molecule is Cc1nc(NC(=O)c2cc(-c3ccco3)nc3ccccc23)sc1C. The van der Waals surface area contributed by atoms with Crippen molar-refractivity contribution in [3.05, 3.63) is 64.9 Å². The highest BCUT2D eigenvalue weighted by atomic mass is 32.1. The highest BCUT2D eigenvalue weighted by Gasteiger charge is 2.16. The summed E-state index contributed by atoms with van der Waals surface area (Å²) in [6.07, 6.45) is 1.59. The number of pyridine rings is 1. The van der Waals surface area contributed by atoms with E-state index < -0.39 is 0 Å². The summed E-state index contributed by atoms with van der Waals surface area (Å²) in [7, 11) is 0. The molecule has 1 aromatic carbocycles. The van der Waals surface area contributed by atoms with E-state index in [0.29, 0.717) is 22.1 Å². The molecule has 25 heavy (non-hydrogen) atoms. The molecular weight excluding hydrogens is 334 g/mol. The summed E-state index contributed by atoms with van der Waals surface area (Å²) in [6.45, 7) is 3.91. The van der Waals surface area contributed by atoms with Crippen molar-refractivity contribution in [1.29, 1.82) is 0 Å². The Hall–Kier alpha value is -2.99. The molecule has 0 aliphatic carbocycles. The van der Waals surface area contributed by atoms with Gasteiger partial charge in [-0.2, -0.15) is 0 Å². The summed E-state index contributed by atoms with van der Waals surface area (Å²) in [5.74, 6) is 0.417. The summed E-state index contributed by atoms with van der Waals surface area (Å²) in [6, 6.07) is 12.9. The van der Waals surface area contributed by atoms with Gasteiger partial charge in [-0.3, -0.25) is 10.1 Å². The number of carbonyl (C=O) groups is 1. The van der Waals surface area contributed by atoms with E-state index in [0.717, 1.165) is 21.5 Å². The number of nitrogens with one attached hydrogen (secondary N) is 1. The smallest absolute Gasteiger partial charge is 0.258 e. The lowest BCUT2D eigenvalue weighted by Gasteiger charge is -2.08. The molecule has 0 aliphatic heterocycles. The Bertz CT molecular complexity index is 1050. The number of thiazole rings is 1. The van der Waals surface area contributed by atoms with E-state index in [9.17, 15) is 4.79 Å². The van der Waals surface area contributed by atoms with E-state index in [1.807, 2.05) is 44.2 Å². The van der Waals surface area contributed by atoms with Crippen molar-refractivity contribution in [2.45, 2.75) is 13.8 Å². The minimum Gasteiger partial charge on any atom is -0.463 e. The van der Waals surface area contributed by atoms with Crippen LogP contribution in [-0.2, 0) is 0 Å². The number of nitrogens with zero attached hydrogens (tertiary/aromatic N) is 2. The molecule has 0 fully saturated rings. The van der Waals surface area contributed by atoms with E-state index in [1.54, 1.807) is 18.4 Å². The lowest BCUT2D eigenvalue weighted by atomic mass is 10.1. The Balaban J connectivity index is 1.80. The number of furan rings is 1. The van der Waals surface area contributed by atoms with Crippen LogP contribution in [0.5, 0.6) is 0 Å². The van der Waals surface area contributed by atoms with Gasteiger partial charge < -0.3 is 4.42 Å². The molecule has 0 unspecified atom stereocenters. The van der Waals surface area contributed by atoms with Crippen LogP contribution in [0.15, 0.2) is 53.1 Å². The third kappa shape index (κ3) is 2.92. The number of rotatable bonds is 3. The van der Waals surface area contributed by atoms with Gasteiger partial charge in [-0.1, -0.05) is 18.2 Å². The van der Waals surface area contributed by atoms with Gasteiger partial charge in [0.05, 0.1) is 23.0 Å². The lowest BCUT2D eigenvalue weighted by molar-refractivity contribution is 0.102. The first kappa shape index (κ1) is 15.5. The maximum Gasteiger partial charge on any atom is 0.258 e. The van der Waals surface area contributed by atoms with Crippen LogP contribution < -0.4 is 5.32 Å². The first-order valence-electron chi connectivity index (χ1n) is 7.81. The molecule has 124 valence electrons. The van der Waals surface area contributed by atoms with Crippen molar-refractivity contribution in [1.82, 2.24) is 9.97 Å². The fraction of sp³-hybridized carbons (Fsp3) is 0.105. The molecule has 0 saturated carbocycles. The number of benzene rings is 1. The molecule has 0 atom stereocenters. The van der Waals surface area contributed by atoms with Crippen LogP contribution in [0.1, 0.15) is 20.9 Å². The Morgan fingerprint density at radius 2 is 1.96 bits per heavy atom. The van der Waals surface area contributed by atoms with Crippen LogP contribution >= 0.6 is 11.3 Å². The van der Waals surface area contributed by atoms with E-state index in [-0.39, 0.29) is 5.91 Å². The zero-order valence-corrected chi connectivity index (χ0v) is 14.6. The fourth-order valence-corrected chi connectivity index (χ4v) is 3.41. The maximum atomic E-state index is 12.9. The van der Waals surface area contributed by atoms with Gasteiger partial charge in [0.25, 0.3) is 5.91 Å². The van der Waals surface area contributed by atoms with Gasteiger partial charge in [0.1, 0.15) is 5.69 Å². The van der Waals surface area contributed by atoms with Crippen molar-refractivity contribution in [2.75, 3.05) is 5.32 Å². The summed E-state index contributed by atoms with van der Waals surface area (Å²) >= 11 is 1.47. The number of fused-ring (bicyclic) bond motifs is 1. The Morgan fingerprint density at radius 3 is 2.68 bits per heavy atom. The summed E-state index contributed by atoms with van der Waals surface area (Å²) in [5.41, 5.74) is 2.84. The second-order valence-corrected chi connectivity index (χ2v) is 6.87. The molecule has 0 aliphatic rings. The third-order valence-corrected chi connectivity index (χ3v) is 4.97. The van der Waals surface area contributed by atoms with Crippen LogP contribution in [0.3, 0.4) is 0 Å². The van der Waals surface area contributed by atoms with Crippen molar-refractivity contribution < 1.29 is 9.21 Å². The molecule has 0 saturated heterocycles. The van der Waals surface area contributed by atoms with Gasteiger partial charge in [0.2, 0.25) is 0 Å². The minimum atomic E-state index is -0.208. The van der Waals surface area contributed by atoms with Crippen molar-refractivity contribution >= 4 is 33.3 Å². The van der Waals surface area contributed by atoms with Crippen LogP contribution in [-0.4, -0.2) is 15.9 Å². The van der Waals surface area contributed by atoms with E-state index in [2.05, 4.69) is 15.3 Å². The molecule has 0 bridgehead atoms. The summed E-state index contributed by atoms with van der Waals surface area (Å²) in [4.78, 5) is 22.9. The molecule has 6 heteroatoms. The number of amides is 1. The van der Waals surface area contributed by atoms with Crippen LogP contribution in [0.2, 0.25) is 0 Å². The molecule has 3 aromatic heterocycles. The van der Waals surface area contributed by atoms with Gasteiger partial charge in [-0.25, -0.2) is 9.97 Å². The number of para-hydroxylation sites is 1. The number of anilines is 1. The highest BCUT2D eigenvalue weighted by molar-refractivity contribution is 7.15. The molecule has 4 aromatic rings. The van der Waals surface area contributed by atoms with Crippen molar-refractivity contribution in [3.8, 4) is 11.5 Å². The number of hydrogen-bond acceptors (Lipinski definition) is 5. The quantitative estimate of drug-likeness (QED) is 0.576. The molecule has 1 N–H and O–H groups in total. The molecule has 1 amide bonds. The lowest BCUT2D eigenvalue weighted by Crippen LogP contribution is -2.13. The van der Waals surface area contributed by atoms with Crippen LogP contribution in [0.4, 0.5) is 5.13 Å². The Labute approximate surface area is 148 Å². The fourth-order valence-electron chi connectivity index (χ4n) is 2.60. The average Bonchev–Trinajstić information content (AvgIpc) is 3.24. The molecular formula is C19H15N3O2S. The number of aromatic nitrogens is 2. The number of aryl methyl sites for hydroxylation is 2. The van der Waals surface area contributed by atoms with Gasteiger partial charge in [-0.05, 0) is 38.1 Å². The standard InChI is InChI=1S/C19H15N3O2S/c1-11-12(2)25-19(20-11)22-18(23)14-10-16(17-8-5-9-24-17)21-15-7-4-3-6-13(14)15/h3-10H,1-2H3,(H,20,22,23). The van der Waals surface area contributed by atoms with Gasteiger partial charge >= 0.3 is 0 Å². The first-order valence-corrected chi connectivity index (χ1v) is 8.62. The largest absolute Gasteiger partial charge is 0.463 e. The molecule has 4 rings (SSSR count). The number of hydrogen-bond donors (Lipinski definition) is 1. The highest BCUT2D eigenvalue weighted by Crippen LogP contribution is 2.27. The van der Waals surface area contributed by atoms with Gasteiger partial charge in [-0.15, -0.1) is 11.3 Å². The minimum absolute atomic E-state index is 0.208. The zero-order valence-electron chi connectivity index (χ0n) is 13.7. The Morgan fingerprint density at radius 1 is 1.12 bits per heavy atom. The normalized spacial score (nSPS) is 11.0. The van der Waals surface area contributed by atoms with Crippen molar-refractivity contribution in [2.24, 2.45) is 0 Å². The first-order chi connectivity index (χ1) is 12.1. The van der Waals surface area contributed by atoms with Gasteiger partial charge in [0.15, 0.2) is 10.9 Å². The van der Waals surface area contributed by atoms with Crippen molar-refractivity contribution in [3.63, 3.8) is 0 Å². The third-order valence-electron chi connectivity index (χ3n) is 3.98. The second-order valence-electron chi connectivity index (χ2n) is 5.66. The summed E-state index contributed by atoms with van der Waals surface area (Å²) in [5, 5.41) is 4.28. The van der Waals surface area contributed by atoms with Gasteiger partial charge in [0, 0.05) is 10.3 Å². The molecule has 3 heterocycles. The predicted molar refractivity (Wildman–Crippen MR) is 99.0 cm³/mol. The second kappa shape index (κ2) is 6.14. The topological polar surface area (TPSA) is 68.0 Å². The molecule has 0 spiro atoms. The predicted octanol–water partition coefficient (Wildman–Crippen LogP) is 4.82. The van der Waals surface area contributed by atoms with Crippen LogP contribution in [0.25, 0.3) is 22.4 Å². The summed E-state index contributed by atoms with van der Waals surface area (Å²) < 4.78 is 5.44. The monoisotopic (exact) mass is 349 g/mol.